The van der Waals surface area contributed by atoms with Crippen LogP contribution in [0.2, 0.25) is 0 Å². The van der Waals surface area contributed by atoms with E-state index in [1.807, 2.05) is 48.2 Å². The first-order valence-electron chi connectivity index (χ1n) is 10.7. The molecule has 168 valence electrons. The number of urea groups is 1. The number of hydrogen-bond donors (Lipinski definition) is 0. The third kappa shape index (κ3) is 5.10. The van der Waals surface area contributed by atoms with Gasteiger partial charge in [-0.3, -0.25) is 0 Å². The van der Waals surface area contributed by atoms with E-state index in [1.165, 1.54) is 10.6 Å². The summed E-state index contributed by atoms with van der Waals surface area (Å²) in [4.78, 5) is 17.0. The van der Waals surface area contributed by atoms with E-state index in [0.29, 0.717) is 31.1 Å². The quantitative estimate of drug-likeness (QED) is 0.681. The van der Waals surface area contributed by atoms with Gasteiger partial charge in [-0.15, -0.1) is 0 Å². The fraction of sp³-hybridized carbons (Fsp3) is 0.545. The highest BCUT2D eigenvalue weighted by molar-refractivity contribution is 7.88. The minimum Gasteiger partial charge on any atom is -0.361 e. The number of piperidine rings is 1. The number of rotatable bonds is 6. The predicted molar refractivity (Wildman–Crippen MR) is 117 cm³/mol. The van der Waals surface area contributed by atoms with E-state index in [-0.39, 0.29) is 24.0 Å². The van der Waals surface area contributed by atoms with Crippen LogP contribution in [0.4, 0.5) is 4.79 Å². The first kappa shape index (κ1) is 21.8. The maximum atomic E-state index is 13.5. The summed E-state index contributed by atoms with van der Waals surface area (Å²) in [5.41, 5.74) is 1.81. The molecule has 1 aliphatic heterocycles. The Morgan fingerprint density at radius 2 is 1.90 bits per heavy atom. The van der Waals surface area contributed by atoms with Crippen molar-refractivity contribution < 1.29 is 17.7 Å². The Kier molecular flexibility index (Phi) is 6.07. The summed E-state index contributed by atoms with van der Waals surface area (Å²) in [6.45, 7) is 2.95. The summed E-state index contributed by atoms with van der Waals surface area (Å²) in [6.07, 6.45) is 3.90. The molecule has 2 aliphatic rings. The molecule has 1 aliphatic carbocycles. The summed E-state index contributed by atoms with van der Waals surface area (Å²) < 4.78 is 31.6. The normalized spacial score (nSPS) is 22.3. The summed E-state index contributed by atoms with van der Waals surface area (Å²) in [6, 6.07) is 11.7. The van der Waals surface area contributed by atoms with Crippen molar-refractivity contribution in [3.05, 3.63) is 53.4 Å². The lowest BCUT2D eigenvalue weighted by Crippen LogP contribution is -2.56. The van der Waals surface area contributed by atoms with Crippen molar-refractivity contribution in [3.63, 3.8) is 0 Å². The molecule has 2 amide bonds. The van der Waals surface area contributed by atoms with Crippen LogP contribution in [-0.2, 0) is 16.6 Å². The van der Waals surface area contributed by atoms with Gasteiger partial charge in [-0.1, -0.05) is 35.5 Å². The molecule has 0 radical (unpaired) electrons. The van der Waals surface area contributed by atoms with Gasteiger partial charge in [-0.25, -0.2) is 13.2 Å². The minimum absolute atomic E-state index is 0.0484. The molecular formula is C22H30N4O4S. The molecule has 2 heterocycles. The van der Waals surface area contributed by atoms with Gasteiger partial charge in [-0.05, 0) is 37.7 Å². The van der Waals surface area contributed by atoms with Gasteiger partial charge in [0.05, 0.1) is 12.8 Å². The van der Waals surface area contributed by atoms with Gasteiger partial charge in [0.2, 0.25) is 10.0 Å². The van der Waals surface area contributed by atoms with Crippen LogP contribution in [0.15, 0.2) is 40.9 Å². The molecule has 31 heavy (non-hydrogen) atoms. The van der Waals surface area contributed by atoms with Gasteiger partial charge in [0.25, 0.3) is 0 Å². The molecule has 0 N–H and O–H groups in total. The standard InChI is InChI=1S/C22H30N4O4S/c1-16-11-19(23-30-16)14-24(2)22(27)26(20-9-10-20)21-12-18(17-7-5-4-6-8-17)13-25(15-21)31(3,28)29/h4-8,11,18,20-21H,9-10,12-15H2,1-3H3. The summed E-state index contributed by atoms with van der Waals surface area (Å²) in [5, 5.41) is 3.99. The molecule has 2 unspecified atom stereocenters. The Labute approximate surface area is 183 Å². The molecule has 2 aromatic rings. The molecule has 4 rings (SSSR count). The van der Waals surface area contributed by atoms with E-state index in [2.05, 4.69) is 5.16 Å². The van der Waals surface area contributed by atoms with Crippen LogP contribution in [0.3, 0.4) is 0 Å². The second-order valence-electron chi connectivity index (χ2n) is 8.78. The Bertz CT molecular complexity index is 1020. The number of hydrogen-bond acceptors (Lipinski definition) is 5. The average molecular weight is 447 g/mol. The second-order valence-corrected chi connectivity index (χ2v) is 10.8. The first-order chi connectivity index (χ1) is 14.7. The molecule has 1 saturated carbocycles. The van der Waals surface area contributed by atoms with Gasteiger partial charge in [0.1, 0.15) is 11.5 Å². The van der Waals surface area contributed by atoms with Crippen LogP contribution in [-0.4, -0.2) is 72.2 Å². The largest absolute Gasteiger partial charge is 0.361 e. The number of sulfonamides is 1. The lowest BCUT2D eigenvalue weighted by molar-refractivity contribution is 0.105. The molecule has 9 heteroatoms. The molecule has 8 nitrogen and oxygen atoms in total. The number of benzene rings is 1. The van der Waals surface area contributed by atoms with E-state index in [1.54, 1.807) is 11.9 Å². The Hall–Kier alpha value is -2.39. The summed E-state index contributed by atoms with van der Waals surface area (Å²) >= 11 is 0. The Morgan fingerprint density at radius 3 is 2.48 bits per heavy atom. The number of nitrogens with zero attached hydrogens (tertiary/aromatic N) is 4. The summed E-state index contributed by atoms with van der Waals surface area (Å²) in [5.74, 6) is 0.754. The van der Waals surface area contributed by atoms with Crippen molar-refractivity contribution in [2.24, 2.45) is 0 Å². The van der Waals surface area contributed by atoms with Crippen molar-refractivity contribution in [3.8, 4) is 0 Å². The van der Waals surface area contributed by atoms with Gasteiger partial charge in [0.15, 0.2) is 0 Å². The molecule has 1 aromatic heterocycles. The van der Waals surface area contributed by atoms with Crippen molar-refractivity contribution in [1.82, 2.24) is 19.3 Å². The third-order valence-corrected chi connectivity index (χ3v) is 7.33. The molecule has 2 fully saturated rings. The van der Waals surface area contributed by atoms with E-state index in [4.69, 9.17) is 4.52 Å². The number of aryl methyl sites for hydroxylation is 1. The number of amides is 2. The zero-order valence-corrected chi connectivity index (χ0v) is 19.1. The average Bonchev–Trinajstić information content (AvgIpc) is 3.49. The monoisotopic (exact) mass is 446 g/mol. The van der Waals surface area contributed by atoms with Crippen LogP contribution >= 0.6 is 0 Å². The smallest absolute Gasteiger partial charge is 0.320 e. The van der Waals surface area contributed by atoms with Crippen LogP contribution in [0, 0.1) is 6.92 Å². The highest BCUT2D eigenvalue weighted by atomic mass is 32.2. The van der Waals surface area contributed by atoms with E-state index >= 15 is 0 Å². The summed E-state index contributed by atoms with van der Waals surface area (Å²) in [7, 11) is -1.61. The molecule has 2 atom stereocenters. The van der Waals surface area contributed by atoms with Crippen LogP contribution in [0.25, 0.3) is 0 Å². The van der Waals surface area contributed by atoms with Crippen LogP contribution in [0.1, 0.15) is 42.2 Å². The zero-order valence-electron chi connectivity index (χ0n) is 18.3. The molecule has 0 spiro atoms. The van der Waals surface area contributed by atoms with Gasteiger partial charge < -0.3 is 14.3 Å². The fourth-order valence-corrected chi connectivity index (χ4v) is 5.33. The van der Waals surface area contributed by atoms with Gasteiger partial charge in [-0.2, -0.15) is 4.31 Å². The minimum atomic E-state index is -3.37. The van der Waals surface area contributed by atoms with Crippen LogP contribution < -0.4 is 0 Å². The Morgan fingerprint density at radius 1 is 1.19 bits per heavy atom. The van der Waals surface area contributed by atoms with Crippen LogP contribution in [0.5, 0.6) is 0 Å². The van der Waals surface area contributed by atoms with Gasteiger partial charge in [0, 0.05) is 38.3 Å². The van der Waals surface area contributed by atoms with E-state index < -0.39 is 10.0 Å². The van der Waals surface area contributed by atoms with Crippen molar-refractivity contribution in [2.75, 3.05) is 26.4 Å². The van der Waals surface area contributed by atoms with Gasteiger partial charge >= 0.3 is 6.03 Å². The molecule has 1 aromatic carbocycles. The SMILES string of the molecule is Cc1cc(CN(C)C(=O)N(C2CC2)C2CC(c3ccccc3)CN(S(C)(=O)=O)C2)no1. The molecule has 1 saturated heterocycles. The number of carbonyl (C=O) groups is 1. The van der Waals surface area contributed by atoms with Crippen molar-refractivity contribution in [2.45, 2.75) is 50.7 Å². The van der Waals surface area contributed by atoms with E-state index in [0.717, 1.165) is 24.8 Å². The Balaban J connectivity index is 1.57. The maximum Gasteiger partial charge on any atom is 0.320 e. The predicted octanol–water partition coefficient (Wildman–Crippen LogP) is 2.82. The maximum absolute atomic E-state index is 13.5. The molecular weight excluding hydrogens is 416 g/mol. The zero-order chi connectivity index (χ0) is 22.2. The number of aromatic nitrogens is 1. The highest BCUT2D eigenvalue weighted by Crippen LogP contribution is 2.36. The molecule has 0 bridgehead atoms. The van der Waals surface area contributed by atoms with Crippen molar-refractivity contribution >= 4 is 16.1 Å². The third-order valence-electron chi connectivity index (χ3n) is 6.09. The topological polar surface area (TPSA) is 87.0 Å². The first-order valence-corrected chi connectivity index (χ1v) is 12.5. The van der Waals surface area contributed by atoms with E-state index in [9.17, 15) is 13.2 Å². The lowest BCUT2D eigenvalue weighted by atomic mass is 9.88. The fourth-order valence-electron chi connectivity index (χ4n) is 4.44. The highest BCUT2D eigenvalue weighted by Gasteiger charge is 2.43. The number of carbonyl (C=O) groups excluding carboxylic acids is 1. The second kappa shape index (κ2) is 8.63. The van der Waals surface area contributed by atoms with Crippen molar-refractivity contribution in [1.29, 1.82) is 0 Å². The lowest BCUT2D eigenvalue weighted by Gasteiger charge is -2.43.